The Kier molecular flexibility index (Phi) is 6.33. The number of rotatable bonds is 6. The van der Waals surface area contributed by atoms with E-state index in [0.717, 1.165) is 33.7 Å². The third-order valence-electron chi connectivity index (χ3n) is 5.55. The van der Waals surface area contributed by atoms with E-state index < -0.39 is 17.8 Å². The molecular weight excluding hydrogens is 384 g/mol. The van der Waals surface area contributed by atoms with Gasteiger partial charge < -0.3 is 10.4 Å². The first-order valence-corrected chi connectivity index (χ1v) is 10.5. The van der Waals surface area contributed by atoms with Crippen LogP contribution in [-0.2, 0) is 16.0 Å². The van der Waals surface area contributed by atoms with Crippen LogP contribution in [0.1, 0.15) is 37.1 Å². The lowest BCUT2D eigenvalue weighted by Crippen LogP contribution is -2.36. The average Bonchev–Trinajstić information content (AvgIpc) is 3.04. The molecule has 1 aliphatic rings. The van der Waals surface area contributed by atoms with Crippen LogP contribution >= 0.6 is 11.3 Å². The summed E-state index contributed by atoms with van der Waals surface area (Å²) in [5, 5.41) is 12.9. The standard InChI is InChI=1S/C23H26N2O3S/c1-5-6-16-7-9-17(10-8-16)20-15(4)29-23(24-20)25-21(26)18-11-13(2)14(3)12-19(18)22(27)28/h5,7-10,18-19H,1,6,11-12H2,2-4H3,(H,27,28)(H,24,25,26)/t18-,19+/m0/s1. The first kappa shape index (κ1) is 21.0. The van der Waals surface area contributed by atoms with Crippen molar-refractivity contribution >= 4 is 28.3 Å². The molecule has 0 aliphatic heterocycles. The lowest BCUT2D eigenvalue weighted by atomic mass is 9.76. The number of aromatic nitrogens is 1. The Labute approximate surface area is 175 Å². The molecule has 1 heterocycles. The number of benzene rings is 1. The molecule has 0 bridgehead atoms. The molecule has 152 valence electrons. The maximum atomic E-state index is 12.9. The number of hydrogen-bond donors (Lipinski definition) is 2. The first-order valence-electron chi connectivity index (χ1n) is 9.66. The third-order valence-corrected chi connectivity index (χ3v) is 6.44. The minimum atomic E-state index is -0.923. The maximum Gasteiger partial charge on any atom is 0.307 e. The molecule has 1 aromatic heterocycles. The molecule has 5 nitrogen and oxygen atoms in total. The molecule has 0 radical (unpaired) electrons. The Bertz CT molecular complexity index is 973. The summed E-state index contributed by atoms with van der Waals surface area (Å²) in [6, 6.07) is 8.13. The minimum absolute atomic E-state index is 0.272. The SMILES string of the molecule is C=CCc1ccc(-c2nc(NC(=O)[C@H]3CC(C)=C(C)C[C@H]3C(=O)O)sc2C)cc1. The van der Waals surface area contributed by atoms with Crippen molar-refractivity contribution in [2.24, 2.45) is 11.8 Å². The van der Waals surface area contributed by atoms with Crippen molar-refractivity contribution in [3.05, 3.63) is 58.5 Å². The highest BCUT2D eigenvalue weighted by Crippen LogP contribution is 2.36. The number of carboxylic acid groups (broad SMARTS) is 1. The van der Waals surface area contributed by atoms with Gasteiger partial charge in [-0.3, -0.25) is 9.59 Å². The largest absolute Gasteiger partial charge is 0.481 e. The zero-order valence-electron chi connectivity index (χ0n) is 17.0. The van der Waals surface area contributed by atoms with Crippen molar-refractivity contribution in [1.82, 2.24) is 4.98 Å². The predicted octanol–water partition coefficient (Wildman–Crippen LogP) is 5.23. The molecule has 2 aromatic rings. The number of hydrogen-bond acceptors (Lipinski definition) is 4. The van der Waals surface area contributed by atoms with E-state index in [9.17, 15) is 14.7 Å². The maximum absolute atomic E-state index is 12.9. The van der Waals surface area contributed by atoms with E-state index in [2.05, 4.69) is 16.9 Å². The average molecular weight is 411 g/mol. The molecule has 6 heteroatoms. The minimum Gasteiger partial charge on any atom is -0.481 e. The summed E-state index contributed by atoms with van der Waals surface area (Å²) in [6.07, 6.45) is 3.57. The molecule has 3 rings (SSSR count). The molecule has 1 aromatic carbocycles. The van der Waals surface area contributed by atoms with Gasteiger partial charge in [-0.05, 0) is 45.6 Å². The third kappa shape index (κ3) is 4.65. The molecule has 1 amide bonds. The number of nitrogens with zero attached hydrogens (tertiary/aromatic N) is 1. The van der Waals surface area contributed by atoms with E-state index in [1.54, 1.807) is 0 Å². The molecular formula is C23H26N2O3S. The van der Waals surface area contributed by atoms with Gasteiger partial charge in [0, 0.05) is 10.4 Å². The molecule has 29 heavy (non-hydrogen) atoms. The number of thiazole rings is 1. The fraction of sp³-hybridized carbons (Fsp3) is 0.348. The van der Waals surface area contributed by atoms with E-state index >= 15 is 0 Å². The van der Waals surface area contributed by atoms with Crippen LogP contribution in [0, 0.1) is 18.8 Å². The number of carbonyl (C=O) groups is 2. The van der Waals surface area contributed by atoms with E-state index in [0.29, 0.717) is 18.0 Å². The van der Waals surface area contributed by atoms with Crippen molar-refractivity contribution in [1.29, 1.82) is 0 Å². The summed E-state index contributed by atoms with van der Waals surface area (Å²) in [5.74, 6) is -2.47. The van der Waals surface area contributed by atoms with Gasteiger partial charge >= 0.3 is 5.97 Å². The van der Waals surface area contributed by atoms with Crippen LogP contribution in [0.4, 0.5) is 5.13 Å². The first-order chi connectivity index (χ1) is 13.8. The van der Waals surface area contributed by atoms with Crippen LogP contribution in [0.25, 0.3) is 11.3 Å². The van der Waals surface area contributed by atoms with E-state index in [1.807, 2.05) is 51.1 Å². The summed E-state index contributed by atoms with van der Waals surface area (Å²) >= 11 is 1.41. The number of carboxylic acids is 1. The number of amides is 1. The Morgan fingerprint density at radius 3 is 2.38 bits per heavy atom. The van der Waals surface area contributed by atoms with Gasteiger partial charge in [0.2, 0.25) is 5.91 Å². The highest BCUT2D eigenvalue weighted by Gasteiger charge is 2.37. The lowest BCUT2D eigenvalue weighted by molar-refractivity contribution is -0.146. The highest BCUT2D eigenvalue weighted by atomic mass is 32.1. The summed E-state index contributed by atoms with van der Waals surface area (Å²) in [6.45, 7) is 9.63. The van der Waals surface area contributed by atoms with Crippen LogP contribution < -0.4 is 5.32 Å². The number of carbonyl (C=O) groups excluding carboxylic acids is 1. The van der Waals surface area contributed by atoms with E-state index in [4.69, 9.17) is 0 Å². The predicted molar refractivity (Wildman–Crippen MR) is 117 cm³/mol. The number of aliphatic carboxylic acids is 1. The zero-order chi connectivity index (χ0) is 21.1. The topological polar surface area (TPSA) is 79.3 Å². The van der Waals surface area contributed by atoms with Crippen molar-refractivity contribution in [3.8, 4) is 11.3 Å². The van der Waals surface area contributed by atoms with Crippen molar-refractivity contribution in [2.45, 2.75) is 40.0 Å². The molecule has 2 N–H and O–H groups in total. The monoisotopic (exact) mass is 410 g/mol. The Morgan fingerprint density at radius 2 is 1.79 bits per heavy atom. The summed E-state index contributed by atoms with van der Waals surface area (Å²) in [7, 11) is 0. The highest BCUT2D eigenvalue weighted by molar-refractivity contribution is 7.16. The molecule has 2 atom stereocenters. The van der Waals surface area contributed by atoms with Gasteiger partial charge in [-0.25, -0.2) is 4.98 Å². The molecule has 0 fully saturated rings. The van der Waals surface area contributed by atoms with Gasteiger partial charge in [0.25, 0.3) is 0 Å². The lowest BCUT2D eigenvalue weighted by Gasteiger charge is -2.29. The second kappa shape index (κ2) is 8.74. The molecule has 1 aliphatic carbocycles. The quantitative estimate of drug-likeness (QED) is 0.639. The van der Waals surface area contributed by atoms with Gasteiger partial charge in [0.05, 0.1) is 17.5 Å². The van der Waals surface area contributed by atoms with Gasteiger partial charge in [-0.1, -0.05) is 41.5 Å². The Hall–Kier alpha value is -2.73. The van der Waals surface area contributed by atoms with Gasteiger partial charge in [0.1, 0.15) is 0 Å². The van der Waals surface area contributed by atoms with Crippen molar-refractivity contribution in [3.63, 3.8) is 0 Å². The van der Waals surface area contributed by atoms with Crippen molar-refractivity contribution < 1.29 is 14.7 Å². The summed E-state index contributed by atoms with van der Waals surface area (Å²) in [4.78, 5) is 30.1. The second-order valence-corrected chi connectivity index (χ2v) is 8.83. The molecule has 0 saturated carbocycles. The second-order valence-electron chi connectivity index (χ2n) is 7.62. The van der Waals surface area contributed by atoms with Gasteiger partial charge in [-0.15, -0.1) is 17.9 Å². The smallest absolute Gasteiger partial charge is 0.307 e. The number of anilines is 1. The Morgan fingerprint density at radius 1 is 1.17 bits per heavy atom. The number of allylic oxidation sites excluding steroid dienone is 3. The molecule has 0 saturated heterocycles. The fourth-order valence-electron chi connectivity index (χ4n) is 3.71. The van der Waals surface area contributed by atoms with Crippen LogP contribution in [0.3, 0.4) is 0 Å². The Balaban J connectivity index is 1.78. The van der Waals surface area contributed by atoms with Gasteiger partial charge in [0.15, 0.2) is 5.13 Å². The summed E-state index contributed by atoms with van der Waals surface area (Å²) in [5.41, 5.74) is 5.16. The van der Waals surface area contributed by atoms with Crippen LogP contribution in [-0.4, -0.2) is 22.0 Å². The van der Waals surface area contributed by atoms with Crippen LogP contribution in [0.2, 0.25) is 0 Å². The molecule has 0 unspecified atom stereocenters. The number of aryl methyl sites for hydroxylation is 1. The summed E-state index contributed by atoms with van der Waals surface area (Å²) < 4.78 is 0. The fourth-order valence-corrected chi connectivity index (χ4v) is 4.55. The van der Waals surface area contributed by atoms with E-state index in [-0.39, 0.29) is 5.91 Å². The van der Waals surface area contributed by atoms with Crippen LogP contribution in [0.15, 0.2) is 48.1 Å². The zero-order valence-corrected chi connectivity index (χ0v) is 17.8. The normalized spacial score (nSPS) is 19.1. The van der Waals surface area contributed by atoms with E-state index in [1.165, 1.54) is 16.9 Å². The number of nitrogens with one attached hydrogen (secondary N) is 1. The van der Waals surface area contributed by atoms with Gasteiger partial charge in [-0.2, -0.15) is 0 Å². The molecule has 0 spiro atoms. The van der Waals surface area contributed by atoms with Crippen LogP contribution in [0.5, 0.6) is 0 Å². The van der Waals surface area contributed by atoms with Crippen molar-refractivity contribution in [2.75, 3.05) is 5.32 Å².